The Morgan fingerprint density at radius 3 is 2.13 bits per heavy atom. The Hall–Kier alpha value is -2.72. The molecule has 0 aliphatic carbocycles. The molecule has 11 heteroatoms. The van der Waals surface area contributed by atoms with Crippen LogP contribution in [0.3, 0.4) is 0 Å². The van der Waals surface area contributed by atoms with Crippen molar-refractivity contribution in [2.45, 2.75) is 17.6 Å². The molecule has 0 saturated carbocycles. The van der Waals surface area contributed by atoms with E-state index in [1.807, 2.05) is 6.92 Å². The SMILES string of the molecule is Cc1ccc(NC(=O)N2CCN(C(=O)c3ccc(S(=O)(=O)C(F)F)cc3)CC2)cc1Cl. The number of rotatable bonds is 4. The molecule has 2 aromatic carbocycles. The van der Waals surface area contributed by atoms with Crippen LogP contribution in [0.2, 0.25) is 5.02 Å². The number of carbonyl (C=O) groups excluding carboxylic acids is 2. The van der Waals surface area contributed by atoms with Crippen LogP contribution in [0.4, 0.5) is 19.3 Å². The van der Waals surface area contributed by atoms with E-state index in [1.165, 1.54) is 17.0 Å². The Labute approximate surface area is 183 Å². The summed E-state index contributed by atoms with van der Waals surface area (Å²) < 4.78 is 48.2. The van der Waals surface area contributed by atoms with Crippen molar-refractivity contribution in [3.63, 3.8) is 0 Å². The molecule has 0 unspecified atom stereocenters. The molecule has 2 aromatic rings. The van der Waals surface area contributed by atoms with E-state index >= 15 is 0 Å². The maximum Gasteiger partial charge on any atom is 0.341 e. The molecule has 0 bridgehead atoms. The zero-order valence-electron chi connectivity index (χ0n) is 16.5. The van der Waals surface area contributed by atoms with Gasteiger partial charge in [0.05, 0.1) is 4.90 Å². The van der Waals surface area contributed by atoms with E-state index in [9.17, 15) is 26.8 Å². The minimum absolute atomic E-state index is 0.181. The maximum atomic E-state index is 12.6. The first-order valence-electron chi connectivity index (χ1n) is 9.33. The van der Waals surface area contributed by atoms with Gasteiger partial charge in [0, 0.05) is 42.5 Å². The van der Waals surface area contributed by atoms with Crippen molar-refractivity contribution < 1.29 is 26.8 Å². The van der Waals surface area contributed by atoms with Gasteiger partial charge in [-0.15, -0.1) is 0 Å². The molecule has 0 spiro atoms. The Balaban J connectivity index is 1.58. The minimum atomic E-state index is -4.71. The van der Waals surface area contributed by atoms with Gasteiger partial charge in [-0.3, -0.25) is 4.79 Å². The molecule has 1 N–H and O–H groups in total. The number of anilines is 1. The molecule has 0 radical (unpaired) electrons. The van der Waals surface area contributed by atoms with Crippen molar-refractivity contribution in [1.29, 1.82) is 0 Å². The Morgan fingerprint density at radius 2 is 1.58 bits per heavy atom. The second-order valence-corrected chi connectivity index (χ2v) is 9.33. The average Bonchev–Trinajstić information content (AvgIpc) is 2.76. The quantitative estimate of drug-likeness (QED) is 0.737. The molecule has 1 saturated heterocycles. The smallest absolute Gasteiger partial charge is 0.335 e. The van der Waals surface area contributed by atoms with Gasteiger partial charge < -0.3 is 15.1 Å². The molecular weight excluding hydrogens is 452 g/mol. The van der Waals surface area contributed by atoms with E-state index in [1.54, 1.807) is 23.1 Å². The van der Waals surface area contributed by atoms with Gasteiger partial charge in [-0.25, -0.2) is 13.2 Å². The van der Waals surface area contributed by atoms with Crippen LogP contribution in [0.25, 0.3) is 0 Å². The van der Waals surface area contributed by atoms with Crippen LogP contribution in [0.5, 0.6) is 0 Å². The molecule has 1 heterocycles. The number of carbonyl (C=O) groups is 2. The monoisotopic (exact) mass is 471 g/mol. The van der Waals surface area contributed by atoms with Gasteiger partial charge >= 0.3 is 11.8 Å². The zero-order chi connectivity index (χ0) is 22.8. The second-order valence-electron chi connectivity index (χ2n) is 7.00. The van der Waals surface area contributed by atoms with Gasteiger partial charge in [0.1, 0.15) is 0 Å². The lowest BCUT2D eigenvalue weighted by molar-refractivity contribution is 0.0671. The van der Waals surface area contributed by atoms with Gasteiger partial charge in [-0.05, 0) is 48.9 Å². The molecule has 1 aliphatic rings. The van der Waals surface area contributed by atoms with Crippen molar-refractivity contribution in [2.24, 2.45) is 0 Å². The lowest BCUT2D eigenvalue weighted by Gasteiger charge is -2.34. The van der Waals surface area contributed by atoms with E-state index in [0.29, 0.717) is 23.8 Å². The van der Waals surface area contributed by atoms with Crippen molar-refractivity contribution >= 4 is 39.1 Å². The van der Waals surface area contributed by atoms with Crippen LogP contribution in [0.1, 0.15) is 15.9 Å². The lowest BCUT2D eigenvalue weighted by atomic mass is 10.2. The Morgan fingerprint density at radius 1 is 1.00 bits per heavy atom. The summed E-state index contributed by atoms with van der Waals surface area (Å²) >= 11 is 6.07. The molecule has 1 fully saturated rings. The number of alkyl halides is 2. The number of benzene rings is 2. The van der Waals surface area contributed by atoms with Gasteiger partial charge in [-0.1, -0.05) is 17.7 Å². The van der Waals surface area contributed by atoms with Crippen LogP contribution in [-0.4, -0.2) is 62.1 Å². The van der Waals surface area contributed by atoms with Crippen LogP contribution in [-0.2, 0) is 9.84 Å². The van der Waals surface area contributed by atoms with Gasteiger partial charge in [0.25, 0.3) is 5.91 Å². The Kier molecular flexibility index (Phi) is 6.80. The van der Waals surface area contributed by atoms with Crippen LogP contribution < -0.4 is 5.32 Å². The van der Waals surface area contributed by atoms with E-state index in [-0.39, 0.29) is 30.6 Å². The van der Waals surface area contributed by atoms with Crippen molar-refractivity contribution in [3.8, 4) is 0 Å². The Bertz CT molecular complexity index is 1090. The fourth-order valence-electron chi connectivity index (χ4n) is 3.06. The zero-order valence-corrected chi connectivity index (χ0v) is 18.1. The minimum Gasteiger partial charge on any atom is -0.335 e. The van der Waals surface area contributed by atoms with Gasteiger partial charge in [0.2, 0.25) is 9.84 Å². The highest BCUT2D eigenvalue weighted by atomic mass is 35.5. The number of aryl methyl sites for hydroxylation is 1. The summed E-state index contributed by atoms with van der Waals surface area (Å²) in [6.07, 6.45) is 0. The summed E-state index contributed by atoms with van der Waals surface area (Å²) in [6, 6.07) is 9.29. The van der Waals surface area contributed by atoms with Crippen LogP contribution in [0, 0.1) is 6.92 Å². The molecule has 1 aliphatic heterocycles. The third-order valence-electron chi connectivity index (χ3n) is 4.94. The summed E-state index contributed by atoms with van der Waals surface area (Å²) in [5, 5.41) is 3.31. The average molecular weight is 472 g/mol. The number of halogens is 3. The number of sulfone groups is 1. The van der Waals surface area contributed by atoms with Gasteiger partial charge in [-0.2, -0.15) is 8.78 Å². The maximum absolute atomic E-state index is 12.6. The molecule has 31 heavy (non-hydrogen) atoms. The molecular formula is C20H20ClF2N3O4S. The third kappa shape index (κ3) is 5.13. The molecule has 0 aromatic heterocycles. The summed E-state index contributed by atoms with van der Waals surface area (Å²) in [6.45, 7) is 3.01. The number of piperazine rings is 1. The number of nitrogens with one attached hydrogen (secondary N) is 1. The normalized spacial score (nSPS) is 14.6. The second kappa shape index (κ2) is 9.19. The third-order valence-corrected chi connectivity index (χ3v) is 6.75. The molecule has 166 valence electrons. The topological polar surface area (TPSA) is 86.8 Å². The first-order valence-corrected chi connectivity index (χ1v) is 11.3. The highest BCUT2D eigenvalue weighted by Gasteiger charge is 2.28. The van der Waals surface area contributed by atoms with E-state index < -0.39 is 20.5 Å². The van der Waals surface area contributed by atoms with Crippen LogP contribution >= 0.6 is 11.6 Å². The largest absolute Gasteiger partial charge is 0.341 e. The number of hydrogen-bond acceptors (Lipinski definition) is 4. The van der Waals surface area contributed by atoms with Crippen molar-refractivity contribution in [1.82, 2.24) is 9.80 Å². The summed E-state index contributed by atoms with van der Waals surface area (Å²) in [7, 11) is -4.71. The van der Waals surface area contributed by atoms with Gasteiger partial charge in [0.15, 0.2) is 0 Å². The fraction of sp³-hybridized carbons (Fsp3) is 0.300. The van der Waals surface area contributed by atoms with E-state index in [4.69, 9.17) is 11.6 Å². The van der Waals surface area contributed by atoms with E-state index in [2.05, 4.69) is 5.32 Å². The van der Waals surface area contributed by atoms with E-state index in [0.717, 1.165) is 17.7 Å². The summed E-state index contributed by atoms with van der Waals surface area (Å²) in [5.74, 6) is -3.89. The predicted octanol–water partition coefficient (Wildman–Crippen LogP) is 3.63. The number of nitrogens with zero attached hydrogens (tertiary/aromatic N) is 2. The van der Waals surface area contributed by atoms with Crippen molar-refractivity contribution in [2.75, 3.05) is 31.5 Å². The number of urea groups is 1. The number of hydrogen-bond donors (Lipinski definition) is 1. The number of amides is 3. The predicted molar refractivity (Wildman–Crippen MR) is 112 cm³/mol. The highest BCUT2D eigenvalue weighted by Crippen LogP contribution is 2.21. The first-order chi connectivity index (χ1) is 14.6. The lowest BCUT2D eigenvalue weighted by Crippen LogP contribution is -2.51. The molecule has 7 nitrogen and oxygen atoms in total. The first kappa shape index (κ1) is 23.0. The fourth-order valence-corrected chi connectivity index (χ4v) is 3.96. The molecule has 3 rings (SSSR count). The standard InChI is InChI=1S/C20H20ClF2N3O4S/c1-13-2-5-15(12-17(13)21)24-20(28)26-10-8-25(9-11-26)18(27)14-3-6-16(7-4-14)31(29,30)19(22)23/h2-7,12,19H,8-11H2,1H3,(H,24,28). The summed E-state index contributed by atoms with van der Waals surface area (Å²) in [5.41, 5.74) is 1.64. The molecule has 0 atom stereocenters. The highest BCUT2D eigenvalue weighted by molar-refractivity contribution is 7.91. The van der Waals surface area contributed by atoms with Crippen molar-refractivity contribution in [3.05, 3.63) is 58.6 Å². The van der Waals surface area contributed by atoms with Crippen LogP contribution in [0.15, 0.2) is 47.4 Å². The summed E-state index contributed by atoms with van der Waals surface area (Å²) in [4.78, 5) is 27.6. The molecule has 3 amide bonds.